The Balaban J connectivity index is 1.62. The molecule has 0 atom stereocenters. The van der Waals surface area contributed by atoms with Crippen LogP contribution in [0.5, 0.6) is 5.75 Å². The monoisotopic (exact) mass is 344 g/mol. The summed E-state index contributed by atoms with van der Waals surface area (Å²) in [5.41, 5.74) is 2.28. The van der Waals surface area contributed by atoms with Gasteiger partial charge >= 0.3 is 0 Å². The maximum absolute atomic E-state index is 12.1. The highest BCUT2D eigenvalue weighted by Crippen LogP contribution is 2.28. The van der Waals surface area contributed by atoms with Crippen molar-refractivity contribution in [3.05, 3.63) is 58.6 Å². The average Bonchev–Trinajstić information content (AvgIpc) is 2.74. The van der Waals surface area contributed by atoms with E-state index in [-0.39, 0.29) is 18.2 Å². The zero-order valence-electron chi connectivity index (χ0n) is 13.0. The standard InChI is InChI=1S/C18H17ClN2O3/c19-14-4-2-1-3-13(14)11-20-18(23)10-12-5-6-16-15(9-12)21-17(22)7-8-24-16/h1-6,9H,7-8,10-11H2,(H,20,23)(H,21,22). The van der Waals surface area contributed by atoms with Gasteiger partial charge in [0.25, 0.3) is 0 Å². The van der Waals surface area contributed by atoms with E-state index in [4.69, 9.17) is 16.3 Å². The molecule has 1 aliphatic rings. The van der Waals surface area contributed by atoms with Crippen molar-refractivity contribution in [3.63, 3.8) is 0 Å². The van der Waals surface area contributed by atoms with Crippen LogP contribution in [0.4, 0.5) is 5.69 Å². The van der Waals surface area contributed by atoms with E-state index in [0.717, 1.165) is 11.1 Å². The van der Waals surface area contributed by atoms with Crippen LogP contribution in [0.1, 0.15) is 17.5 Å². The Morgan fingerprint density at radius 3 is 2.92 bits per heavy atom. The van der Waals surface area contributed by atoms with Crippen LogP contribution in [0.2, 0.25) is 5.02 Å². The molecule has 0 aromatic heterocycles. The van der Waals surface area contributed by atoms with E-state index in [9.17, 15) is 9.59 Å². The highest BCUT2D eigenvalue weighted by atomic mass is 35.5. The van der Waals surface area contributed by atoms with Gasteiger partial charge < -0.3 is 15.4 Å². The third-order valence-corrected chi connectivity index (χ3v) is 4.07. The van der Waals surface area contributed by atoms with Gasteiger partial charge in [-0.3, -0.25) is 9.59 Å². The lowest BCUT2D eigenvalue weighted by atomic mass is 10.1. The molecule has 0 spiro atoms. The molecule has 6 heteroatoms. The van der Waals surface area contributed by atoms with Crippen LogP contribution in [0.15, 0.2) is 42.5 Å². The van der Waals surface area contributed by atoms with Gasteiger partial charge in [-0.05, 0) is 29.3 Å². The zero-order valence-corrected chi connectivity index (χ0v) is 13.7. The molecular weight excluding hydrogens is 328 g/mol. The van der Waals surface area contributed by atoms with Gasteiger partial charge in [0, 0.05) is 11.6 Å². The number of hydrogen-bond donors (Lipinski definition) is 2. The molecule has 0 aliphatic carbocycles. The second-order valence-electron chi connectivity index (χ2n) is 5.52. The van der Waals surface area contributed by atoms with Crippen molar-refractivity contribution >= 4 is 29.1 Å². The smallest absolute Gasteiger partial charge is 0.227 e. The Kier molecular flexibility index (Phi) is 5.01. The molecule has 3 rings (SSSR count). The van der Waals surface area contributed by atoms with Gasteiger partial charge in [0.2, 0.25) is 11.8 Å². The van der Waals surface area contributed by atoms with E-state index >= 15 is 0 Å². The van der Waals surface area contributed by atoms with Crippen LogP contribution in [0.25, 0.3) is 0 Å². The summed E-state index contributed by atoms with van der Waals surface area (Å²) < 4.78 is 5.50. The first-order chi connectivity index (χ1) is 11.6. The quantitative estimate of drug-likeness (QED) is 0.896. The Hall–Kier alpha value is -2.53. The number of fused-ring (bicyclic) bond motifs is 1. The SMILES string of the molecule is O=C(Cc1ccc2c(c1)NC(=O)CCO2)NCc1ccccc1Cl. The minimum Gasteiger partial charge on any atom is -0.491 e. The van der Waals surface area contributed by atoms with Crippen LogP contribution in [-0.4, -0.2) is 18.4 Å². The number of carbonyl (C=O) groups is 2. The summed E-state index contributed by atoms with van der Waals surface area (Å²) in [5.74, 6) is 0.422. The van der Waals surface area contributed by atoms with E-state index < -0.39 is 0 Å². The summed E-state index contributed by atoms with van der Waals surface area (Å²) in [6, 6.07) is 12.8. The highest BCUT2D eigenvalue weighted by molar-refractivity contribution is 6.31. The van der Waals surface area contributed by atoms with Gasteiger partial charge in [-0.1, -0.05) is 35.9 Å². The molecule has 5 nitrogen and oxygen atoms in total. The summed E-state index contributed by atoms with van der Waals surface area (Å²) in [5, 5.41) is 6.26. The van der Waals surface area contributed by atoms with Crippen molar-refractivity contribution in [1.29, 1.82) is 0 Å². The minimum atomic E-state index is -0.115. The number of ether oxygens (including phenoxy) is 1. The van der Waals surface area contributed by atoms with Crippen molar-refractivity contribution in [2.45, 2.75) is 19.4 Å². The maximum atomic E-state index is 12.1. The first-order valence-corrected chi connectivity index (χ1v) is 8.05. The van der Waals surface area contributed by atoms with Crippen LogP contribution in [-0.2, 0) is 22.6 Å². The minimum absolute atomic E-state index is 0.0888. The lowest BCUT2D eigenvalue weighted by Gasteiger charge is -2.10. The van der Waals surface area contributed by atoms with E-state index in [1.807, 2.05) is 24.3 Å². The Morgan fingerprint density at radius 1 is 1.25 bits per heavy atom. The van der Waals surface area contributed by atoms with Crippen molar-refractivity contribution < 1.29 is 14.3 Å². The van der Waals surface area contributed by atoms with Crippen molar-refractivity contribution in [2.24, 2.45) is 0 Å². The number of hydrogen-bond acceptors (Lipinski definition) is 3. The molecule has 2 aromatic rings. The number of anilines is 1. The predicted octanol–water partition coefficient (Wildman–Crippen LogP) is 2.92. The second-order valence-corrected chi connectivity index (χ2v) is 5.93. The Morgan fingerprint density at radius 2 is 2.08 bits per heavy atom. The molecular formula is C18H17ClN2O3. The number of carbonyl (C=O) groups excluding carboxylic acids is 2. The molecule has 24 heavy (non-hydrogen) atoms. The fourth-order valence-corrected chi connectivity index (χ4v) is 2.66. The molecule has 0 fully saturated rings. The van der Waals surface area contributed by atoms with E-state index in [2.05, 4.69) is 10.6 Å². The van der Waals surface area contributed by atoms with Gasteiger partial charge in [-0.25, -0.2) is 0 Å². The number of nitrogens with one attached hydrogen (secondary N) is 2. The molecule has 0 saturated carbocycles. The van der Waals surface area contributed by atoms with E-state index in [1.165, 1.54) is 0 Å². The van der Waals surface area contributed by atoms with Crippen LogP contribution in [0.3, 0.4) is 0 Å². The summed E-state index contributed by atoms with van der Waals surface area (Å²) in [6.45, 7) is 0.736. The van der Waals surface area contributed by atoms with Gasteiger partial charge in [0.1, 0.15) is 5.75 Å². The molecule has 2 amide bonds. The summed E-state index contributed by atoms with van der Waals surface area (Å²) in [4.78, 5) is 23.7. The number of benzene rings is 2. The van der Waals surface area contributed by atoms with Gasteiger partial charge in [0.05, 0.1) is 25.1 Å². The molecule has 2 N–H and O–H groups in total. The van der Waals surface area contributed by atoms with Crippen LogP contribution in [0, 0.1) is 0 Å². The third kappa shape index (κ3) is 4.06. The summed E-state index contributed by atoms with van der Waals surface area (Å²) >= 11 is 6.07. The molecule has 1 aliphatic heterocycles. The topological polar surface area (TPSA) is 67.4 Å². The van der Waals surface area contributed by atoms with Crippen LogP contribution < -0.4 is 15.4 Å². The van der Waals surface area contributed by atoms with Gasteiger partial charge in [0.15, 0.2) is 0 Å². The number of rotatable bonds is 4. The summed E-state index contributed by atoms with van der Waals surface area (Å²) in [7, 11) is 0. The fourth-order valence-electron chi connectivity index (χ4n) is 2.46. The predicted molar refractivity (Wildman–Crippen MR) is 92.2 cm³/mol. The first kappa shape index (κ1) is 16.3. The zero-order chi connectivity index (χ0) is 16.9. The van der Waals surface area contributed by atoms with Crippen molar-refractivity contribution in [3.8, 4) is 5.75 Å². The maximum Gasteiger partial charge on any atom is 0.227 e. The molecule has 0 bridgehead atoms. The molecule has 0 radical (unpaired) electrons. The van der Waals surface area contributed by atoms with Crippen molar-refractivity contribution in [1.82, 2.24) is 5.32 Å². The largest absolute Gasteiger partial charge is 0.491 e. The highest BCUT2D eigenvalue weighted by Gasteiger charge is 2.15. The fraction of sp³-hybridized carbons (Fsp3) is 0.222. The first-order valence-electron chi connectivity index (χ1n) is 7.67. The average molecular weight is 345 g/mol. The molecule has 1 heterocycles. The Labute approximate surface area is 145 Å². The van der Waals surface area contributed by atoms with Crippen LogP contribution >= 0.6 is 11.6 Å². The van der Waals surface area contributed by atoms with Gasteiger partial charge in [-0.15, -0.1) is 0 Å². The Bertz CT molecular complexity index is 777. The summed E-state index contributed by atoms with van der Waals surface area (Å²) in [6.07, 6.45) is 0.538. The molecule has 0 unspecified atom stereocenters. The molecule has 124 valence electrons. The van der Waals surface area contributed by atoms with Crippen molar-refractivity contribution in [2.75, 3.05) is 11.9 Å². The number of halogens is 1. The lowest BCUT2D eigenvalue weighted by Crippen LogP contribution is -2.24. The third-order valence-electron chi connectivity index (χ3n) is 3.70. The van der Waals surface area contributed by atoms with Gasteiger partial charge in [-0.2, -0.15) is 0 Å². The number of amides is 2. The molecule has 0 saturated heterocycles. The second kappa shape index (κ2) is 7.36. The lowest BCUT2D eigenvalue weighted by molar-refractivity contribution is -0.120. The van der Waals surface area contributed by atoms with E-state index in [0.29, 0.717) is 36.0 Å². The normalized spacial score (nSPS) is 13.3. The van der Waals surface area contributed by atoms with E-state index in [1.54, 1.807) is 18.2 Å². The molecule has 2 aromatic carbocycles.